The Kier molecular flexibility index (Phi) is 4.85. The van der Waals surface area contributed by atoms with Crippen LogP contribution >= 0.6 is 11.6 Å². The van der Waals surface area contributed by atoms with E-state index in [1.54, 1.807) is 12.1 Å². The number of hydrogen-bond acceptors (Lipinski definition) is 2. The minimum Gasteiger partial charge on any atom is -0.385 e. The zero-order valence-corrected chi connectivity index (χ0v) is 9.81. The third kappa shape index (κ3) is 4.49. The molecule has 0 saturated carbocycles. The van der Waals surface area contributed by atoms with Crippen LogP contribution in [0.2, 0.25) is 5.02 Å². The molecule has 84 valence electrons. The Morgan fingerprint density at radius 1 is 1.40 bits per heavy atom. The van der Waals surface area contributed by atoms with Gasteiger partial charge in [-0.2, -0.15) is 0 Å². The Labute approximate surface area is 95.0 Å². The highest BCUT2D eigenvalue weighted by molar-refractivity contribution is 6.30. The second kappa shape index (κ2) is 5.93. The smallest absolute Gasteiger partial charge is 0.143 e. The maximum absolute atomic E-state index is 13.0. The number of benzene rings is 1. The fourth-order valence-corrected chi connectivity index (χ4v) is 1.35. The average Bonchev–Trinajstić information content (AvgIpc) is 2.18. The molecule has 0 bridgehead atoms. The third-order valence-corrected chi connectivity index (χ3v) is 2.34. The highest BCUT2D eigenvalue weighted by atomic mass is 35.5. The molecule has 0 aliphatic carbocycles. The van der Waals surface area contributed by atoms with Crippen molar-refractivity contribution in [2.75, 3.05) is 32.5 Å². The molecular weight excluding hydrogens is 215 g/mol. The van der Waals surface area contributed by atoms with Crippen LogP contribution in [0.15, 0.2) is 18.2 Å². The van der Waals surface area contributed by atoms with Gasteiger partial charge >= 0.3 is 0 Å². The van der Waals surface area contributed by atoms with Crippen LogP contribution in [-0.2, 0) is 0 Å². The van der Waals surface area contributed by atoms with Gasteiger partial charge in [0.15, 0.2) is 0 Å². The molecular formula is C11H16ClFN2. The summed E-state index contributed by atoms with van der Waals surface area (Å²) in [7, 11) is 4.06. The van der Waals surface area contributed by atoms with Gasteiger partial charge in [-0.05, 0) is 45.3 Å². The summed E-state index contributed by atoms with van der Waals surface area (Å²) < 4.78 is 13.0. The molecule has 0 aromatic heterocycles. The number of rotatable bonds is 5. The number of nitrogens with zero attached hydrogens (tertiary/aromatic N) is 1. The second-order valence-electron chi connectivity index (χ2n) is 3.71. The molecule has 0 radical (unpaired) electrons. The van der Waals surface area contributed by atoms with Gasteiger partial charge in [0.2, 0.25) is 0 Å². The lowest BCUT2D eigenvalue weighted by Gasteiger charge is -2.10. The summed E-state index contributed by atoms with van der Waals surface area (Å²) in [5.41, 5.74) is 0.774. The number of anilines is 1. The van der Waals surface area contributed by atoms with Crippen molar-refractivity contribution >= 4 is 17.3 Å². The van der Waals surface area contributed by atoms with E-state index < -0.39 is 0 Å². The first kappa shape index (κ1) is 12.3. The summed E-state index contributed by atoms with van der Waals surface area (Å²) in [5, 5.41) is 3.30. The van der Waals surface area contributed by atoms with Crippen molar-refractivity contribution in [1.82, 2.24) is 4.90 Å². The monoisotopic (exact) mass is 230 g/mol. The molecule has 1 aromatic rings. The summed E-state index contributed by atoms with van der Waals surface area (Å²) in [6.07, 6.45) is 1.03. The summed E-state index contributed by atoms with van der Waals surface area (Å²) in [5.74, 6) is -0.380. The van der Waals surface area contributed by atoms with Gasteiger partial charge in [0.25, 0.3) is 0 Å². The molecule has 0 saturated heterocycles. The lowest BCUT2D eigenvalue weighted by atomic mass is 10.3. The van der Waals surface area contributed by atoms with Gasteiger partial charge in [-0.1, -0.05) is 11.6 Å². The second-order valence-corrected chi connectivity index (χ2v) is 4.12. The van der Waals surface area contributed by atoms with Crippen molar-refractivity contribution in [2.24, 2.45) is 0 Å². The Morgan fingerprint density at radius 2 is 2.13 bits per heavy atom. The fraction of sp³-hybridized carbons (Fsp3) is 0.455. The number of hydrogen-bond donors (Lipinski definition) is 1. The molecule has 15 heavy (non-hydrogen) atoms. The standard InChI is InChI=1S/C11H16ClFN2/c1-15(2)7-3-6-14-9-4-5-10(12)11(13)8-9/h4-5,8,14H,3,6-7H2,1-2H3. The van der Waals surface area contributed by atoms with E-state index in [2.05, 4.69) is 10.2 Å². The molecule has 0 spiro atoms. The zero-order valence-electron chi connectivity index (χ0n) is 9.06. The average molecular weight is 231 g/mol. The molecule has 1 rings (SSSR count). The van der Waals surface area contributed by atoms with Crippen molar-refractivity contribution in [3.8, 4) is 0 Å². The molecule has 0 amide bonds. The van der Waals surface area contributed by atoms with Crippen molar-refractivity contribution < 1.29 is 4.39 Å². The van der Waals surface area contributed by atoms with Gasteiger partial charge in [0.05, 0.1) is 5.02 Å². The largest absolute Gasteiger partial charge is 0.385 e. The van der Waals surface area contributed by atoms with Crippen LogP contribution in [0.1, 0.15) is 6.42 Å². The first-order valence-electron chi connectivity index (χ1n) is 4.93. The lowest BCUT2D eigenvalue weighted by molar-refractivity contribution is 0.405. The number of halogens is 2. The minimum atomic E-state index is -0.380. The molecule has 4 heteroatoms. The molecule has 0 unspecified atom stereocenters. The summed E-state index contributed by atoms with van der Waals surface area (Å²) in [6, 6.07) is 4.75. The quantitative estimate of drug-likeness (QED) is 0.783. The van der Waals surface area contributed by atoms with Crippen molar-refractivity contribution in [3.05, 3.63) is 29.0 Å². The zero-order chi connectivity index (χ0) is 11.3. The maximum Gasteiger partial charge on any atom is 0.143 e. The molecule has 0 aliphatic heterocycles. The van der Waals surface area contributed by atoms with Crippen molar-refractivity contribution in [3.63, 3.8) is 0 Å². The van der Waals surface area contributed by atoms with E-state index in [-0.39, 0.29) is 10.8 Å². The molecule has 1 N–H and O–H groups in total. The van der Waals surface area contributed by atoms with Crippen LogP contribution in [0.25, 0.3) is 0 Å². The van der Waals surface area contributed by atoms with E-state index in [1.807, 2.05) is 14.1 Å². The van der Waals surface area contributed by atoms with E-state index in [4.69, 9.17) is 11.6 Å². The Morgan fingerprint density at radius 3 is 2.73 bits per heavy atom. The molecule has 0 atom stereocenters. The van der Waals surface area contributed by atoms with Gasteiger partial charge in [-0.15, -0.1) is 0 Å². The first-order chi connectivity index (χ1) is 7.09. The van der Waals surface area contributed by atoms with E-state index >= 15 is 0 Å². The summed E-state index contributed by atoms with van der Waals surface area (Å²) in [4.78, 5) is 2.12. The van der Waals surface area contributed by atoms with Crippen LogP contribution in [-0.4, -0.2) is 32.1 Å². The Bertz CT molecular complexity index is 315. The first-order valence-corrected chi connectivity index (χ1v) is 5.31. The third-order valence-electron chi connectivity index (χ3n) is 2.03. The number of nitrogens with one attached hydrogen (secondary N) is 1. The minimum absolute atomic E-state index is 0.161. The SMILES string of the molecule is CN(C)CCCNc1ccc(Cl)c(F)c1. The van der Waals surface area contributed by atoms with Gasteiger partial charge in [-0.25, -0.2) is 4.39 Å². The van der Waals surface area contributed by atoms with Gasteiger partial charge < -0.3 is 10.2 Å². The Balaban J connectivity index is 2.35. The van der Waals surface area contributed by atoms with Gasteiger partial charge in [0, 0.05) is 12.2 Å². The highest BCUT2D eigenvalue weighted by Gasteiger charge is 2.00. The van der Waals surface area contributed by atoms with E-state index in [9.17, 15) is 4.39 Å². The lowest BCUT2D eigenvalue weighted by Crippen LogP contribution is -2.16. The Hall–Kier alpha value is -0.800. The molecule has 0 aliphatic rings. The molecule has 0 heterocycles. The summed E-state index contributed by atoms with van der Waals surface area (Å²) >= 11 is 5.57. The van der Waals surface area contributed by atoms with Crippen LogP contribution < -0.4 is 5.32 Å². The topological polar surface area (TPSA) is 15.3 Å². The molecule has 2 nitrogen and oxygen atoms in total. The van der Waals surface area contributed by atoms with Crippen LogP contribution in [0.5, 0.6) is 0 Å². The van der Waals surface area contributed by atoms with E-state index in [0.29, 0.717) is 0 Å². The molecule has 0 fully saturated rings. The van der Waals surface area contributed by atoms with Crippen LogP contribution in [0.3, 0.4) is 0 Å². The predicted octanol–water partition coefficient (Wildman–Crippen LogP) is 2.84. The van der Waals surface area contributed by atoms with E-state index in [1.165, 1.54) is 6.07 Å². The van der Waals surface area contributed by atoms with E-state index in [0.717, 1.165) is 25.2 Å². The fourth-order valence-electron chi connectivity index (χ4n) is 1.23. The van der Waals surface area contributed by atoms with Crippen LogP contribution in [0.4, 0.5) is 10.1 Å². The predicted molar refractivity (Wildman–Crippen MR) is 63.1 cm³/mol. The highest BCUT2D eigenvalue weighted by Crippen LogP contribution is 2.18. The normalized spacial score (nSPS) is 10.7. The van der Waals surface area contributed by atoms with Gasteiger partial charge in [0.1, 0.15) is 5.82 Å². The van der Waals surface area contributed by atoms with Crippen molar-refractivity contribution in [2.45, 2.75) is 6.42 Å². The maximum atomic E-state index is 13.0. The molecule has 1 aromatic carbocycles. The van der Waals surface area contributed by atoms with Crippen LogP contribution in [0, 0.1) is 5.82 Å². The summed E-state index contributed by atoms with van der Waals surface area (Å²) in [6.45, 7) is 1.85. The van der Waals surface area contributed by atoms with Crippen molar-refractivity contribution in [1.29, 1.82) is 0 Å². The van der Waals surface area contributed by atoms with Gasteiger partial charge in [-0.3, -0.25) is 0 Å².